The summed E-state index contributed by atoms with van der Waals surface area (Å²) in [5, 5.41) is 9.99. The van der Waals surface area contributed by atoms with Crippen LogP contribution < -0.4 is 15.6 Å². The van der Waals surface area contributed by atoms with Gasteiger partial charge < -0.3 is 9.52 Å². The van der Waals surface area contributed by atoms with Gasteiger partial charge in [-0.25, -0.2) is 13.1 Å². The summed E-state index contributed by atoms with van der Waals surface area (Å²) in [6, 6.07) is 11.2. The summed E-state index contributed by atoms with van der Waals surface area (Å²) in [6.07, 6.45) is 1.43. The second-order valence-corrected chi connectivity index (χ2v) is 8.65. The lowest BCUT2D eigenvalue weighted by atomic mass is 10.1. The van der Waals surface area contributed by atoms with Crippen molar-refractivity contribution in [1.29, 1.82) is 0 Å². The lowest BCUT2D eigenvalue weighted by Crippen LogP contribution is -2.42. The predicted octanol–water partition coefficient (Wildman–Crippen LogP) is 2.50. The highest BCUT2D eigenvalue weighted by Crippen LogP contribution is 2.21. The first kappa shape index (κ1) is 22.3. The number of rotatable bonds is 6. The lowest BCUT2D eigenvalue weighted by Gasteiger charge is -2.12. The largest absolute Gasteiger partial charge is 0.507 e. The molecule has 1 aromatic heterocycles. The summed E-state index contributed by atoms with van der Waals surface area (Å²) >= 11 is 5.81. The molecule has 4 N–H and O–H groups in total. The molecule has 9 nitrogen and oxygen atoms in total. The molecule has 0 atom stereocenters. The minimum atomic E-state index is -3.92. The number of nitrogens with one attached hydrogen (secondary N) is 3. The summed E-state index contributed by atoms with van der Waals surface area (Å²) in [5.74, 6) is -1.42. The van der Waals surface area contributed by atoms with Crippen molar-refractivity contribution in [3.63, 3.8) is 0 Å². The van der Waals surface area contributed by atoms with E-state index in [1.165, 1.54) is 42.7 Å². The number of furan rings is 1. The van der Waals surface area contributed by atoms with Gasteiger partial charge in [0, 0.05) is 10.6 Å². The number of aromatic hydroxyl groups is 1. The number of benzene rings is 2. The average Bonchev–Trinajstić information content (AvgIpc) is 3.26. The topological polar surface area (TPSA) is 138 Å². The summed E-state index contributed by atoms with van der Waals surface area (Å²) in [4.78, 5) is 24.6. The fraction of sp³-hybridized carbons (Fsp3) is 0.100. The fourth-order valence-electron chi connectivity index (χ4n) is 2.61. The lowest BCUT2D eigenvalue weighted by molar-refractivity contribution is 0.0844. The molecule has 2 aromatic carbocycles. The van der Waals surface area contributed by atoms with Crippen LogP contribution in [0.3, 0.4) is 0 Å². The summed E-state index contributed by atoms with van der Waals surface area (Å²) in [7, 11) is -3.92. The van der Waals surface area contributed by atoms with E-state index in [1.54, 1.807) is 19.1 Å². The molecule has 0 radical (unpaired) electrons. The maximum Gasteiger partial charge on any atom is 0.273 e. The molecule has 11 heteroatoms. The van der Waals surface area contributed by atoms with E-state index in [0.717, 1.165) is 0 Å². The Bertz CT molecular complexity index is 1230. The van der Waals surface area contributed by atoms with E-state index in [-0.39, 0.29) is 33.3 Å². The van der Waals surface area contributed by atoms with Crippen LogP contribution >= 0.6 is 11.6 Å². The van der Waals surface area contributed by atoms with Crippen LogP contribution in [0.15, 0.2) is 64.1 Å². The monoisotopic (exact) mass is 463 g/mol. The van der Waals surface area contributed by atoms with E-state index < -0.39 is 21.8 Å². The maximum atomic E-state index is 12.5. The van der Waals surface area contributed by atoms with Crippen molar-refractivity contribution in [2.75, 3.05) is 0 Å². The molecule has 0 aliphatic carbocycles. The first-order chi connectivity index (χ1) is 14.7. The Hall–Kier alpha value is -3.34. The van der Waals surface area contributed by atoms with Crippen LogP contribution in [0.1, 0.15) is 32.0 Å². The third-order valence-corrected chi connectivity index (χ3v) is 5.91. The van der Waals surface area contributed by atoms with Gasteiger partial charge in [0.25, 0.3) is 11.8 Å². The van der Waals surface area contributed by atoms with E-state index in [1.807, 2.05) is 0 Å². The number of phenolic OH excluding ortho intramolecular Hbond substituents is 1. The minimum absolute atomic E-state index is 0.0384. The third-order valence-electron chi connectivity index (χ3n) is 4.27. The number of sulfonamides is 1. The summed E-state index contributed by atoms with van der Waals surface area (Å²) < 4.78 is 32.6. The molecule has 3 aromatic rings. The summed E-state index contributed by atoms with van der Waals surface area (Å²) in [5.41, 5.74) is 4.75. The van der Waals surface area contributed by atoms with Gasteiger partial charge in [0.1, 0.15) is 11.5 Å². The molecule has 0 spiro atoms. The number of phenols is 1. The van der Waals surface area contributed by atoms with Crippen LogP contribution in [0.2, 0.25) is 5.02 Å². The second-order valence-electron chi connectivity index (χ2n) is 6.45. The first-order valence-corrected chi connectivity index (χ1v) is 10.8. The number of hydrazine groups is 1. The van der Waals surface area contributed by atoms with Gasteiger partial charge in [-0.2, -0.15) is 0 Å². The van der Waals surface area contributed by atoms with Gasteiger partial charge >= 0.3 is 0 Å². The number of carbonyl (C=O) groups excluding carboxylic acids is 2. The Morgan fingerprint density at radius 2 is 1.74 bits per heavy atom. The van der Waals surface area contributed by atoms with Crippen molar-refractivity contribution in [1.82, 2.24) is 15.6 Å². The van der Waals surface area contributed by atoms with Crippen LogP contribution in [-0.2, 0) is 16.6 Å². The predicted molar refractivity (Wildman–Crippen MR) is 112 cm³/mol. The first-order valence-electron chi connectivity index (χ1n) is 8.89. The Morgan fingerprint density at radius 1 is 1.03 bits per heavy atom. The van der Waals surface area contributed by atoms with Gasteiger partial charge in [0.15, 0.2) is 0 Å². The average molecular weight is 464 g/mol. The van der Waals surface area contributed by atoms with Gasteiger partial charge in [-0.3, -0.25) is 20.4 Å². The normalized spacial score (nSPS) is 11.2. The Morgan fingerprint density at radius 3 is 2.42 bits per heavy atom. The van der Waals surface area contributed by atoms with Crippen molar-refractivity contribution in [2.45, 2.75) is 18.4 Å². The van der Waals surface area contributed by atoms with Crippen LogP contribution in [0.5, 0.6) is 5.75 Å². The minimum Gasteiger partial charge on any atom is -0.507 e. The quantitative estimate of drug-likeness (QED) is 0.414. The molecule has 31 heavy (non-hydrogen) atoms. The molecule has 0 aliphatic heterocycles. The van der Waals surface area contributed by atoms with Crippen molar-refractivity contribution in [3.05, 3.63) is 82.3 Å². The molecule has 3 rings (SSSR count). The highest BCUT2D eigenvalue weighted by atomic mass is 35.5. The van der Waals surface area contributed by atoms with Crippen molar-refractivity contribution in [3.8, 4) is 5.75 Å². The van der Waals surface area contributed by atoms with Crippen LogP contribution in [-0.4, -0.2) is 25.3 Å². The van der Waals surface area contributed by atoms with E-state index in [4.69, 9.17) is 16.0 Å². The molecule has 0 bridgehead atoms. The van der Waals surface area contributed by atoms with E-state index >= 15 is 0 Å². The molecule has 0 fully saturated rings. The molecule has 2 amide bonds. The number of amides is 2. The van der Waals surface area contributed by atoms with Gasteiger partial charge in [-0.05, 0) is 55.0 Å². The van der Waals surface area contributed by atoms with E-state index in [2.05, 4.69) is 15.6 Å². The third kappa shape index (κ3) is 5.43. The van der Waals surface area contributed by atoms with Gasteiger partial charge in [-0.1, -0.05) is 17.7 Å². The van der Waals surface area contributed by atoms with Gasteiger partial charge in [0.2, 0.25) is 10.0 Å². The van der Waals surface area contributed by atoms with Gasteiger partial charge in [0.05, 0.1) is 23.3 Å². The van der Waals surface area contributed by atoms with Crippen LogP contribution in [0, 0.1) is 6.92 Å². The molecular weight excluding hydrogens is 446 g/mol. The zero-order valence-corrected chi connectivity index (χ0v) is 17.8. The molecule has 0 aliphatic rings. The van der Waals surface area contributed by atoms with Gasteiger partial charge in [-0.15, -0.1) is 0 Å². The molecule has 1 heterocycles. The van der Waals surface area contributed by atoms with E-state index in [0.29, 0.717) is 11.3 Å². The maximum absolute atomic E-state index is 12.5. The standard InChI is InChI=1S/C20H18ClN3O6S/c1-12-4-6-15(31(28,29)22-11-14-3-2-8-30-14)10-16(12)19(26)23-24-20(27)17-9-13(21)5-7-18(17)25/h2-10,22,25H,11H2,1H3,(H,23,26)(H,24,27). The number of hydrogen-bond acceptors (Lipinski definition) is 6. The van der Waals surface area contributed by atoms with Crippen molar-refractivity contribution >= 4 is 33.4 Å². The molecule has 0 saturated heterocycles. The number of halogens is 1. The summed E-state index contributed by atoms with van der Waals surface area (Å²) in [6.45, 7) is 1.57. The number of hydrogen-bond donors (Lipinski definition) is 4. The molecule has 162 valence electrons. The molecule has 0 saturated carbocycles. The highest BCUT2D eigenvalue weighted by Gasteiger charge is 2.19. The van der Waals surface area contributed by atoms with Crippen molar-refractivity contribution in [2.24, 2.45) is 0 Å². The van der Waals surface area contributed by atoms with Crippen molar-refractivity contribution < 1.29 is 27.5 Å². The number of aryl methyl sites for hydroxylation is 1. The molecule has 0 unspecified atom stereocenters. The fourth-order valence-corrected chi connectivity index (χ4v) is 3.81. The number of carbonyl (C=O) groups is 2. The Kier molecular flexibility index (Phi) is 6.64. The SMILES string of the molecule is Cc1ccc(S(=O)(=O)NCc2ccco2)cc1C(=O)NNC(=O)c1cc(Cl)ccc1O. The zero-order valence-electron chi connectivity index (χ0n) is 16.2. The molecular formula is C20H18ClN3O6S. The second kappa shape index (κ2) is 9.21. The zero-order chi connectivity index (χ0) is 22.6. The van der Waals surface area contributed by atoms with Crippen LogP contribution in [0.4, 0.5) is 0 Å². The Labute approximate surface area is 183 Å². The Balaban J connectivity index is 1.72. The highest BCUT2D eigenvalue weighted by molar-refractivity contribution is 7.89. The smallest absolute Gasteiger partial charge is 0.273 e. The van der Waals surface area contributed by atoms with E-state index in [9.17, 15) is 23.1 Å². The van der Waals surface area contributed by atoms with Crippen LogP contribution in [0.25, 0.3) is 0 Å².